The average Bonchev–Trinajstić information content (AvgIpc) is 2.80. The molecule has 0 saturated carbocycles. The first-order valence-corrected chi connectivity index (χ1v) is 10.7. The van der Waals surface area contributed by atoms with Crippen molar-refractivity contribution in [1.29, 1.82) is 0 Å². The van der Waals surface area contributed by atoms with E-state index in [1.165, 1.54) is 11.4 Å². The highest BCUT2D eigenvalue weighted by Crippen LogP contribution is 2.32. The number of nitrogens with one attached hydrogen (secondary N) is 1. The molecule has 30 heavy (non-hydrogen) atoms. The van der Waals surface area contributed by atoms with E-state index in [0.29, 0.717) is 0 Å². The summed E-state index contributed by atoms with van der Waals surface area (Å²) in [5.41, 5.74) is 7.14. The number of hydrogen-bond acceptors (Lipinski definition) is 7. The van der Waals surface area contributed by atoms with Gasteiger partial charge in [0.1, 0.15) is 11.5 Å². The van der Waals surface area contributed by atoms with Crippen molar-refractivity contribution in [3.63, 3.8) is 0 Å². The third-order valence-corrected chi connectivity index (χ3v) is 6.03. The lowest BCUT2D eigenvalue weighted by atomic mass is 10.2. The molecule has 0 spiro atoms. The van der Waals surface area contributed by atoms with Crippen molar-refractivity contribution < 1.29 is 9.47 Å². The monoisotopic (exact) mass is 411 g/mol. The maximum Gasteiger partial charge on any atom is 0.142 e. The standard InChI is InChI=1S/C23H33N5O2/c1-25-10-12-27(13-11-25)22-18-19(4-9-23(22)30-3)24-28-16-14-26(15-17-28)20-5-7-21(29-2)8-6-20/h4-9,18,24H,10-17H2,1-3H3. The smallest absolute Gasteiger partial charge is 0.142 e. The van der Waals surface area contributed by atoms with E-state index < -0.39 is 0 Å². The Balaban J connectivity index is 1.37. The first kappa shape index (κ1) is 20.6. The summed E-state index contributed by atoms with van der Waals surface area (Å²) in [7, 11) is 5.63. The Morgan fingerprint density at radius 2 is 1.40 bits per heavy atom. The fourth-order valence-electron chi connectivity index (χ4n) is 4.11. The molecule has 1 N–H and O–H groups in total. The maximum absolute atomic E-state index is 5.64. The second kappa shape index (κ2) is 9.45. The van der Waals surface area contributed by atoms with Crippen LogP contribution in [0.25, 0.3) is 0 Å². The molecule has 0 aliphatic carbocycles. The van der Waals surface area contributed by atoms with Crippen LogP contribution in [0.3, 0.4) is 0 Å². The summed E-state index contributed by atoms with van der Waals surface area (Å²) in [6, 6.07) is 14.7. The summed E-state index contributed by atoms with van der Waals surface area (Å²) in [5.74, 6) is 1.84. The summed E-state index contributed by atoms with van der Waals surface area (Å²) >= 11 is 0. The van der Waals surface area contributed by atoms with E-state index in [1.54, 1.807) is 14.2 Å². The van der Waals surface area contributed by atoms with Crippen molar-refractivity contribution in [2.45, 2.75) is 0 Å². The van der Waals surface area contributed by atoms with Gasteiger partial charge < -0.3 is 29.6 Å². The number of piperazine rings is 2. The topological polar surface area (TPSA) is 43.5 Å². The van der Waals surface area contributed by atoms with Crippen molar-refractivity contribution in [2.24, 2.45) is 0 Å². The molecule has 2 saturated heterocycles. The summed E-state index contributed by atoms with van der Waals surface area (Å²) in [5, 5.41) is 2.30. The molecule has 0 unspecified atom stereocenters. The predicted octanol–water partition coefficient (Wildman–Crippen LogP) is 2.60. The van der Waals surface area contributed by atoms with E-state index in [4.69, 9.17) is 9.47 Å². The van der Waals surface area contributed by atoms with Gasteiger partial charge in [-0.05, 0) is 49.5 Å². The van der Waals surface area contributed by atoms with E-state index in [2.05, 4.69) is 62.5 Å². The highest BCUT2D eigenvalue weighted by Gasteiger charge is 2.20. The highest BCUT2D eigenvalue weighted by molar-refractivity contribution is 5.66. The fraction of sp³-hybridized carbons (Fsp3) is 0.478. The molecule has 7 nitrogen and oxygen atoms in total. The highest BCUT2D eigenvalue weighted by atomic mass is 16.5. The molecule has 0 aromatic heterocycles. The van der Waals surface area contributed by atoms with Gasteiger partial charge in [0, 0.05) is 58.0 Å². The van der Waals surface area contributed by atoms with Gasteiger partial charge in [-0.25, -0.2) is 5.01 Å². The second-order valence-corrected chi connectivity index (χ2v) is 7.96. The Hall–Kier alpha value is -2.64. The number of benzene rings is 2. The minimum Gasteiger partial charge on any atom is -0.497 e. The summed E-state index contributed by atoms with van der Waals surface area (Å²) in [6.07, 6.45) is 0. The first-order chi connectivity index (χ1) is 14.7. The van der Waals surface area contributed by atoms with Crippen LogP contribution in [-0.2, 0) is 0 Å². The molecule has 0 amide bonds. The van der Waals surface area contributed by atoms with Crippen LogP contribution in [0.4, 0.5) is 17.1 Å². The molecule has 0 atom stereocenters. The van der Waals surface area contributed by atoms with Crippen molar-refractivity contribution in [3.05, 3.63) is 42.5 Å². The molecular weight excluding hydrogens is 378 g/mol. The van der Waals surface area contributed by atoms with E-state index in [1.807, 2.05) is 12.1 Å². The minimum absolute atomic E-state index is 0.898. The van der Waals surface area contributed by atoms with Gasteiger partial charge in [0.25, 0.3) is 0 Å². The lowest BCUT2D eigenvalue weighted by Gasteiger charge is -2.37. The number of hydrogen-bond donors (Lipinski definition) is 1. The van der Waals surface area contributed by atoms with Gasteiger partial charge >= 0.3 is 0 Å². The Morgan fingerprint density at radius 3 is 2.03 bits per heavy atom. The number of methoxy groups -OCH3 is 2. The molecule has 0 bridgehead atoms. The first-order valence-electron chi connectivity index (χ1n) is 10.7. The molecule has 4 rings (SSSR count). The molecule has 2 aliphatic rings. The lowest BCUT2D eigenvalue weighted by molar-refractivity contribution is 0.307. The van der Waals surface area contributed by atoms with Crippen LogP contribution >= 0.6 is 0 Å². The molecule has 2 heterocycles. The van der Waals surface area contributed by atoms with Crippen molar-refractivity contribution in [1.82, 2.24) is 9.91 Å². The molecule has 2 aromatic carbocycles. The second-order valence-electron chi connectivity index (χ2n) is 7.96. The largest absolute Gasteiger partial charge is 0.497 e. The SMILES string of the molecule is COc1ccc(N2CCN(Nc3ccc(OC)c(N4CCN(C)CC4)c3)CC2)cc1. The molecule has 2 fully saturated rings. The molecule has 7 heteroatoms. The number of rotatable bonds is 6. The third kappa shape index (κ3) is 4.74. The van der Waals surface area contributed by atoms with Gasteiger partial charge in [-0.15, -0.1) is 0 Å². The van der Waals surface area contributed by atoms with Crippen LogP contribution in [0.5, 0.6) is 11.5 Å². The quantitative estimate of drug-likeness (QED) is 0.784. The Labute approximate surface area is 179 Å². The zero-order valence-electron chi connectivity index (χ0n) is 18.3. The van der Waals surface area contributed by atoms with Crippen LogP contribution < -0.4 is 24.7 Å². The fourth-order valence-corrected chi connectivity index (χ4v) is 4.11. The maximum atomic E-state index is 5.64. The van der Waals surface area contributed by atoms with Crippen LogP contribution in [0.2, 0.25) is 0 Å². The van der Waals surface area contributed by atoms with E-state index in [0.717, 1.165) is 69.5 Å². The zero-order chi connectivity index (χ0) is 20.9. The van der Waals surface area contributed by atoms with E-state index >= 15 is 0 Å². The number of hydrazine groups is 1. The zero-order valence-corrected chi connectivity index (χ0v) is 18.3. The van der Waals surface area contributed by atoms with Gasteiger partial charge in [-0.3, -0.25) is 0 Å². The van der Waals surface area contributed by atoms with Gasteiger partial charge in [0.15, 0.2) is 0 Å². The van der Waals surface area contributed by atoms with Gasteiger partial charge in [-0.1, -0.05) is 0 Å². The van der Waals surface area contributed by atoms with Crippen LogP contribution in [0, 0.1) is 0 Å². The van der Waals surface area contributed by atoms with Gasteiger partial charge in [-0.2, -0.15) is 0 Å². The van der Waals surface area contributed by atoms with Crippen LogP contribution in [-0.4, -0.2) is 83.5 Å². The van der Waals surface area contributed by atoms with E-state index in [9.17, 15) is 0 Å². The summed E-state index contributed by atoms with van der Waals surface area (Å²) in [6.45, 7) is 8.10. The van der Waals surface area contributed by atoms with Crippen LogP contribution in [0.15, 0.2) is 42.5 Å². The van der Waals surface area contributed by atoms with Crippen molar-refractivity contribution in [2.75, 3.05) is 88.9 Å². The third-order valence-electron chi connectivity index (χ3n) is 6.03. The Morgan fingerprint density at radius 1 is 0.733 bits per heavy atom. The predicted molar refractivity (Wildman–Crippen MR) is 123 cm³/mol. The van der Waals surface area contributed by atoms with Crippen molar-refractivity contribution in [3.8, 4) is 11.5 Å². The Bertz CT molecular complexity index is 813. The molecule has 2 aromatic rings. The number of likely N-dealkylation sites (N-methyl/N-ethyl adjacent to an activating group) is 1. The number of nitrogens with zero attached hydrogens (tertiary/aromatic N) is 4. The molecule has 0 radical (unpaired) electrons. The lowest BCUT2D eigenvalue weighted by Crippen LogP contribution is -2.48. The molecule has 2 aliphatic heterocycles. The molecular formula is C23H33N5O2. The van der Waals surface area contributed by atoms with E-state index in [-0.39, 0.29) is 0 Å². The van der Waals surface area contributed by atoms with Gasteiger partial charge in [0.2, 0.25) is 0 Å². The summed E-state index contributed by atoms with van der Waals surface area (Å²) in [4.78, 5) is 7.21. The van der Waals surface area contributed by atoms with Gasteiger partial charge in [0.05, 0.1) is 25.6 Å². The van der Waals surface area contributed by atoms with Crippen molar-refractivity contribution >= 4 is 17.1 Å². The normalized spacial score (nSPS) is 18.4. The minimum atomic E-state index is 0.898. The average molecular weight is 412 g/mol. The summed E-state index contributed by atoms with van der Waals surface area (Å²) < 4.78 is 10.9. The number of anilines is 3. The van der Waals surface area contributed by atoms with Crippen LogP contribution in [0.1, 0.15) is 0 Å². The number of ether oxygens (including phenoxy) is 2. The Kier molecular flexibility index (Phi) is 6.50. The molecule has 162 valence electrons.